The van der Waals surface area contributed by atoms with Crippen molar-refractivity contribution in [2.45, 2.75) is 117 Å². The van der Waals surface area contributed by atoms with Gasteiger partial charge in [0.2, 0.25) is 0 Å². The maximum absolute atomic E-state index is 10.3. The molecule has 3 aliphatic rings. The number of ether oxygens (including phenoxy) is 5. The van der Waals surface area contributed by atoms with E-state index in [1.807, 2.05) is 0 Å². The lowest BCUT2D eigenvalue weighted by molar-refractivity contribution is -0.355. The lowest BCUT2D eigenvalue weighted by atomic mass is 9.97. The standard InChI is InChI=1S/2C12H22O11/c13-1-3-5(15)6(16)9(19)12(22-3)23-10-4(2-14)21-11(20)8(18)7(10)17;13-1-4(15)7(17)8(18)5(16)3-22-12-11(21)10(20)9(19)6(2-14)23-12/h3-20H,1-2H2;1,4-12,14-21H,2-3H2/t3-,4-,5-,6+,7-,8-,9-,10-,11-,12-;4-,5+,6+,7+,8+,9+,10-,11+,12-/m10/s1. The van der Waals surface area contributed by atoms with Gasteiger partial charge < -0.3 is 110 Å². The van der Waals surface area contributed by atoms with Crippen LogP contribution in [0.4, 0.5) is 0 Å². The molecule has 272 valence electrons. The molecule has 3 fully saturated rings. The molecular weight excluding hydrogens is 640 g/mol. The summed E-state index contributed by atoms with van der Waals surface area (Å²) in [6.07, 6.45) is -30.8. The topological polar surface area (TPSA) is 387 Å². The zero-order chi connectivity index (χ0) is 35.0. The fourth-order valence-electron chi connectivity index (χ4n) is 4.58. The van der Waals surface area contributed by atoms with Crippen molar-refractivity contribution in [3.05, 3.63) is 0 Å². The third-order valence-electron chi connectivity index (χ3n) is 7.49. The van der Waals surface area contributed by atoms with Gasteiger partial charge in [-0.3, -0.25) is 0 Å². The molecule has 0 aromatic carbocycles. The normalized spacial score (nSPS) is 44.3. The molecule has 19 atom stereocenters. The summed E-state index contributed by atoms with van der Waals surface area (Å²) < 4.78 is 25.2. The summed E-state index contributed by atoms with van der Waals surface area (Å²) in [6, 6.07) is 0. The largest absolute Gasteiger partial charge is 0.394 e. The number of aliphatic hydroxyl groups excluding tert-OH is 16. The number of hydrogen-bond donors (Lipinski definition) is 16. The number of aliphatic hydroxyl groups is 16. The number of carbonyl (C=O) groups is 1. The quantitative estimate of drug-likeness (QED) is 0.0848. The summed E-state index contributed by atoms with van der Waals surface area (Å²) in [6.45, 7) is -2.71. The number of carbonyl (C=O) groups excluding carboxylic acids is 1. The van der Waals surface area contributed by atoms with Crippen LogP contribution in [0.3, 0.4) is 0 Å². The van der Waals surface area contributed by atoms with Gasteiger partial charge in [0.25, 0.3) is 0 Å². The number of aldehydes is 1. The van der Waals surface area contributed by atoms with E-state index in [2.05, 4.69) is 0 Å². The van der Waals surface area contributed by atoms with Gasteiger partial charge in [0.15, 0.2) is 25.2 Å². The van der Waals surface area contributed by atoms with Crippen molar-refractivity contribution in [1.82, 2.24) is 0 Å². The predicted octanol–water partition coefficient (Wildman–Crippen LogP) is -11.0. The number of hydrogen-bond acceptors (Lipinski definition) is 22. The Kier molecular flexibility index (Phi) is 16.5. The van der Waals surface area contributed by atoms with Gasteiger partial charge in [-0.25, -0.2) is 0 Å². The van der Waals surface area contributed by atoms with Gasteiger partial charge >= 0.3 is 0 Å². The Bertz CT molecular complexity index is 881. The first kappa shape index (κ1) is 41.0. The molecule has 0 bridgehead atoms. The molecule has 0 saturated carbocycles. The van der Waals surface area contributed by atoms with Crippen LogP contribution in [0.2, 0.25) is 0 Å². The van der Waals surface area contributed by atoms with Crippen molar-refractivity contribution in [1.29, 1.82) is 0 Å². The molecule has 0 unspecified atom stereocenters. The molecule has 22 nitrogen and oxygen atoms in total. The van der Waals surface area contributed by atoms with E-state index in [0.29, 0.717) is 0 Å². The van der Waals surface area contributed by atoms with Crippen LogP contribution in [-0.4, -0.2) is 231 Å². The molecular formula is C24H44O22. The molecule has 0 aromatic heterocycles. The molecule has 3 saturated heterocycles. The first-order valence-electron chi connectivity index (χ1n) is 13.9. The highest BCUT2D eigenvalue weighted by Crippen LogP contribution is 2.28. The van der Waals surface area contributed by atoms with Gasteiger partial charge in [-0.05, 0) is 0 Å². The Morgan fingerprint density at radius 1 is 0.565 bits per heavy atom. The van der Waals surface area contributed by atoms with Crippen LogP contribution in [-0.2, 0) is 28.5 Å². The molecule has 22 heteroatoms. The molecule has 0 amide bonds. The zero-order valence-corrected chi connectivity index (χ0v) is 24.0. The highest BCUT2D eigenvalue weighted by Gasteiger charge is 2.50. The smallest absolute Gasteiger partial charge is 0.187 e. The predicted molar refractivity (Wildman–Crippen MR) is 138 cm³/mol. The van der Waals surface area contributed by atoms with Crippen LogP contribution < -0.4 is 0 Å². The molecule has 0 aromatic rings. The number of rotatable bonds is 12. The third kappa shape index (κ3) is 9.71. The van der Waals surface area contributed by atoms with Gasteiger partial charge in [0, 0.05) is 0 Å². The minimum Gasteiger partial charge on any atom is -0.394 e. The maximum Gasteiger partial charge on any atom is 0.187 e. The summed E-state index contributed by atoms with van der Waals surface area (Å²) in [5.74, 6) is 0. The second-order valence-electron chi connectivity index (χ2n) is 10.7. The monoisotopic (exact) mass is 684 g/mol. The molecule has 0 spiro atoms. The minimum atomic E-state index is -1.96. The lowest BCUT2D eigenvalue weighted by Crippen LogP contribution is -2.64. The maximum atomic E-state index is 10.3. The SMILES string of the molecule is O=C[C@H](O)[C@@H](O)[C@H](O)[C@H](O)CO[C@H]1O[C@H](CO)[C@@H](O)[C@H](O)[C@H]1O.OC[C@H]1O[C@H](O[C@H]2[C@H](O)[C@@H](O)[C@H](O)O[C@@H]2CO)[C@H](O)[C@@H](O)[C@@H]1O. The van der Waals surface area contributed by atoms with Crippen molar-refractivity contribution >= 4 is 6.29 Å². The van der Waals surface area contributed by atoms with E-state index >= 15 is 0 Å². The van der Waals surface area contributed by atoms with Gasteiger partial charge in [0.05, 0.1) is 26.4 Å². The van der Waals surface area contributed by atoms with Crippen LogP contribution in [0.1, 0.15) is 0 Å². The Hall–Kier alpha value is -1.17. The minimum absolute atomic E-state index is 0.0287. The fraction of sp³-hybridized carbons (Fsp3) is 0.958. The van der Waals surface area contributed by atoms with Crippen LogP contribution in [0.25, 0.3) is 0 Å². The molecule has 0 radical (unpaired) electrons. The molecule has 0 aliphatic carbocycles. The van der Waals surface area contributed by atoms with Crippen molar-refractivity contribution in [3.8, 4) is 0 Å². The Labute approximate surface area is 260 Å². The van der Waals surface area contributed by atoms with E-state index in [0.717, 1.165) is 0 Å². The van der Waals surface area contributed by atoms with E-state index in [1.165, 1.54) is 0 Å². The summed E-state index contributed by atoms with van der Waals surface area (Å²) in [4.78, 5) is 10.3. The first-order chi connectivity index (χ1) is 21.5. The Morgan fingerprint density at radius 2 is 1.04 bits per heavy atom. The third-order valence-corrected chi connectivity index (χ3v) is 7.49. The van der Waals surface area contributed by atoms with Crippen LogP contribution in [0.15, 0.2) is 0 Å². The van der Waals surface area contributed by atoms with Crippen molar-refractivity contribution < 1.29 is 110 Å². The zero-order valence-electron chi connectivity index (χ0n) is 24.0. The van der Waals surface area contributed by atoms with E-state index in [1.54, 1.807) is 0 Å². The van der Waals surface area contributed by atoms with Crippen LogP contribution in [0.5, 0.6) is 0 Å². The molecule has 3 rings (SSSR count). The molecule has 3 aliphatic heterocycles. The summed E-state index contributed by atoms with van der Waals surface area (Å²) in [5.41, 5.74) is 0. The first-order valence-corrected chi connectivity index (χ1v) is 13.9. The molecule has 16 N–H and O–H groups in total. The highest BCUT2D eigenvalue weighted by atomic mass is 16.7. The van der Waals surface area contributed by atoms with Gasteiger partial charge in [-0.2, -0.15) is 0 Å². The van der Waals surface area contributed by atoms with Crippen molar-refractivity contribution in [2.24, 2.45) is 0 Å². The Balaban J connectivity index is 0.000000320. The molecule has 46 heavy (non-hydrogen) atoms. The van der Waals surface area contributed by atoms with Crippen LogP contribution in [0, 0.1) is 0 Å². The summed E-state index contributed by atoms with van der Waals surface area (Å²) in [5, 5.41) is 152. The fourth-order valence-corrected chi connectivity index (χ4v) is 4.58. The lowest BCUT2D eigenvalue weighted by Gasteiger charge is -2.45. The van der Waals surface area contributed by atoms with Crippen molar-refractivity contribution in [2.75, 3.05) is 26.4 Å². The van der Waals surface area contributed by atoms with Crippen LogP contribution >= 0.6 is 0 Å². The Morgan fingerprint density at radius 3 is 1.52 bits per heavy atom. The van der Waals surface area contributed by atoms with Gasteiger partial charge in [0.1, 0.15) is 97.7 Å². The highest BCUT2D eigenvalue weighted by molar-refractivity contribution is 5.56. The van der Waals surface area contributed by atoms with E-state index in [4.69, 9.17) is 39.0 Å². The average molecular weight is 685 g/mol. The van der Waals surface area contributed by atoms with E-state index in [9.17, 15) is 71.2 Å². The summed E-state index contributed by atoms with van der Waals surface area (Å²) >= 11 is 0. The van der Waals surface area contributed by atoms with Gasteiger partial charge in [-0.15, -0.1) is 0 Å². The van der Waals surface area contributed by atoms with Gasteiger partial charge in [-0.1, -0.05) is 0 Å². The molecule has 3 heterocycles. The van der Waals surface area contributed by atoms with Crippen molar-refractivity contribution in [3.63, 3.8) is 0 Å². The van der Waals surface area contributed by atoms with E-state index in [-0.39, 0.29) is 6.29 Å². The second-order valence-corrected chi connectivity index (χ2v) is 10.7. The van der Waals surface area contributed by atoms with E-state index < -0.39 is 143 Å². The average Bonchev–Trinajstić information content (AvgIpc) is 3.05. The summed E-state index contributed by atoms with van der Waals surface area (Å²) in [7, 11) is 0. The second kappa shape index (κ2) is 18.6.